The Bertz CT molecular complexity index is 1040. The highest BCUT2D eigenvalue weighted by atomic mass is 19.1. The van der Waals surface area contributed by atoms with E-state index in [1.54, 1.807) is 10.6 Å². The zero-order valence-corrected chi connectivity index (χ0v) is 16.1. The third kappa shape index (κ3) is 4.64. The first-order valence-electron chi connectivity index (χ1n) is 8.88. The molecule has 0 atom stereocenters. The number of halogens is 2. The van der Waals surface area contributed by atoms with Crippen LogP contribution in [0.2, 0.25) is 0 Å². The molecule has 0 aliphatic heterocycles. The molecule has 0 bridgehead atoms. The van der Waals surface area contributed by atoms with Crippen molar-refractivity contribution in [2.45, 2.75) is 20.1 Å². The molecular weight excluding hydrogens is 362 g/mol. The van der Waals surface area contributed by atoms with E-state index in [-0.39, 0.29) is 17.7 Å². The van der Waals surface area contributed by atoms with E-state index in [0.717, 1.165) is 23.9 Å². The zero-order chi connectivity index (χ0) is 20.3. The minimum absolute atomic E-state index is 0.0900. The van der Waals surface area contributed by atoms with Gasteiger partial charge in [-0.25, -0.2) is 8.78 Å². The lowest BCUT2D eigenvalue weighted by atomic mass is 10.2. The maximum Gasteiger partial charge on any atom is 0.258 e. The van der Waals surface area contributed by atoms with E-state index in [4.69, 9.17) is 4.74 Å². The van der Waals surface area contributed by atoms with Gasteiger partial charge in [0.25, 0.3) is 5.56 Å². The van der Waals surface area contributed by atoms with Crippen molar-refractivity contribution in [3.8, 4) is 11.4 Å². The molecule has 3 aromatic rings. The van der Waals surface area contributed by atoms with Gasteiger partial charge in [0.1, 0.15) is 24.0 Å². The molecule has 0 spiro atoms. The number of aromatic nitrogens is 1. The van der Waals surface area contributed by atoms with Crippen LogP contribution in [0.3, 0.4) is 0 Å². The molecule has 0 aliphatic carbocycles. The molecule has 28 heavy (non-hydrogen) atoms. The molecule has 6 heteroatoms. The molecule has 0 unspecified atom stereocenters. The Hall–Kier alpha value is -2.99. The van der Waals surface area contributed by atoms with Gasteiger partial charge in [0.2, 0.25) is 0 Å². The second-order valence-corrected chi connectivity index (χ2v) is 6.94. The van der Waals surface area contributed by atoms with Crippen LogP contribution in [0.4, 0.5) is 8.78 Å². The van der Waals surface area contributed by atoms with Gasteiger partial charge in [-0.15, -0.1) is 0 Å². The van der Waals surface area contributed by atoms with Crippen molar-refractivity contribution in [3.05, 3.63) is 93.4 Å². The summed E-state index contributed by atoms with van der Waals surface area (Å²) in [6, 6.07) is 14.2. The Morgan fingerprint density at radius 1 is 1.04 bits per heavy atom. The van der Waals surface area contributed by atoms with Crippen LogP contribution in [0, 0.1) is 18.6 Å². The minimum Gasteiger partial charge on any atom is -0.489 e. The molecule has 0 amide bonds. The number of rotatable bonds is 6. The monoisotopic (exact) mass is 384 g/mol. The molecule has 0 N–H and O–H groups in total. The van der Waals surface area contributed by atoms with Gasteiger partial charge in [-0.1, -0.05) is 12.1 Å². The van der Waals surface area contributed by atoms with E-state index < -0.39 is 11.6 Å². The quantitative estimate of drug-likeness (QED) is 0.643. The summed E-state index contributed by atoms with van der Waals surface area (Å²) < 4.78 is 33.9. The predicted molar refractivity (Wildman–Crippen MR) is 105 cm³/mol. The van der Waals surface area contributed by atoms with Gasteiger partial charge in [0.05, 0.1) is 0 Å². The molecular formula is C22H22F2N2O2. The second-order valence-electron chi connectivity index (χ2n) is 6.94. The Kier molecular flexibility index (Phi) is 5.90. The van der Waals surface area contributed by atoms with Crippen molar-refractivity contribution in [1.82, 2.24) is 9.47 Å². The lowest BCUT2D eigenvalue weighted by molar-refractivity contribution is 0.298. The van der Waals surface area contributed by atoms with E-state index >= 15 is 0 Å². The summed E-state index contributed by atoms with van der Waals surface area (Å²) in [5.74, 6) is -0.981. The van der Waals surface area contributed by atoms with E-state index in [0.29, 0.717) is 11.4 Å². The lowest BCUT2D eigenvalue weighted by Gasteiger charge is -2.15. The van der Waals surface area contributed by atoms with E-state index in [1.807, 2.05) is 45.3 Å². The number of ether oxygens (including phenoxy) is 1. The second kappa shape index (κ2) is 8.35. The normalized spacial score (nSPS) is 11.1. The molecule has 4 nitrogen and oxygen atoms in total. The predicted octanol–water partition coefficient (Wildman–Crippen LogP) is 4.06. The van der Waals surface area contributed by atoms with Gasteiger partial charge < -0.3 is 9.64 Å². The van der Waals surface area contributed by atoms with Crippen LogP contribution >= 0.6 is 0 Å². The third-order valence-corrected chi connectivity index (χ3v) is 4.27. The summed E-state index contributed by atoms with van der Waals surface area (Å²) >= 11 is 0. The van der Waals surface area contributed by atoms with Crippen LogP contribution in [-0.2, 0) is 13.2 Å². The van der Waals surface area contributed by atoms with Crippen molar-refractivity contribution in [2.24, 2.45) is 0 Å². The van der Waals surface area contributed by atoms with Crippen LogP contribution in [-0.4, -0.2) is 23.6 Å². The van der Waals surface area contributed by atoms with E-state index in [2.05, 4.69) is 4.90 Å². The maximum atomic E-state index is 13.7. The van der Waals surface area contributed by atoms with Crippen LogP contribution in [0.5, 0.6) is 5.75 Å². The molecule has 0 saturated heterocycles. The fourth-order valence-electron chi connectivity index (χ4n) is 3.05. The lowest BCUT2D eigenvalue weighted by Crippen LogP contribution is -2.20. The summed E-state index contributed by atoms with van der Waals surface area (Å²) in [7, 11) is 3.97. The first kappa shape index (κ1) is 19.8. The zero-order valence-electron chi connectivity index (χ0n) is 16.1. The van der Waals surface area contributed by atoms with E-state index in [9.17, 15) is 13.6 Å². The van der Waals surface area contributed by atoms with Crippen molar-refractivity contribution >= 4 is 0 Å². The van der Waals surface area contributed by atoms with Crippen molar-refractivity contribution in [1.29, 1.82) is 0 Å². The van der Waals surface area contributed by atoms with Crippen molar-refractivity contribution < 1.29 is 13.5 Å². The number of hydrogen-bond donors (Lipinski definition) is 0. The minimum atomic E-state index is -0.678. The van der Waals surface area contributed by atoms with Crippen LogP contribution in [0.1, 0.15) is 16.8 Å². The van der Waals surface area contributed by atoms with Crippen molar-refractivity contribution in [3.63, 3.8) is 0 Å². The van der Waals surface area contributed by atoms with Crippen LogP contribution in [0.25, 0.3) is 5.69 Å². The average Bonchev–Trinajstić information content (AvgIpc) is 2.60. The third-order valence-electron chi connectivity index (χ3n) is 4.27. The standard InChI is InChI=1S/C22H22F2N2O2/c1-15-9-20(28-14-17-7-8-18(23)11-21(17)24)12-22(27)26(15)19-6-4-5-16(10-19)13-25(2)3/h4-12H,13-14H2,1-3H3. The van der Waals surface area contributed by atoms with Crippen LogP contribution in [0.15, 0.2) is 59.4 Å². The fraction of sp³-hybridized carbons (Fsp3) is 0.227. The summed E-state index contributed by atoms with van der Waals surface area (Å²) in [5.41, 5.74) is 2.55. The van der Waals surface area contributed by atoms with Gasteiger partial charge in [-0.2, -0.15) is 0 Å². The highest BCUT2D eigenvalue weighted by molar-refractivity contribution is 5.39. The Morgan fingerprint density at radius 3 is 2.50 bits per heavy atom. The van der Waals surface area contributed by atoms with Crippen molar-refractivity contribution in [2.75, 3.05) is 14.1 Å². The first-order valence-corrected chi connectivity index (χ1v) is 8.88. The van der Waals surface area contributed by atoms with Gasteiger partial charge in [-0.3, -0.25) is 9.36 Å². The molecule has 146 valence electrons. The van der Waals surface area contributed by atoms with Gasteiger partial charge in [0.15, 0.2) is 0 Å². The summed E-state index contributed by atoms with van der Waals surface area (Å²) in [6.07, 6.45) is 0. The molecule has 2 aromatic carbocycles. The summed E-state index contributed by atoms with van der Waals surface area (Å²) in [4.78, 5) is 14.7. The largest absolute Gasteiger partial charge is 0.489 e. The first-order chi connectivity index (χ1) is 13.3. The van der Waals surface area contributed by atoms with E-state index in [1.165, 1.54) is 18.2 Å². The fourth-order valence-corrected chi connectivity index (χ4v) is 3.05. The Labute approximate surface area is 162 Å². The van der Waals surface area contributed by atoms with Crippen LogP contribution < -0.4 is 10.3 Å². The van der Waals surface area contributed by atoms with Gasteiger partial charge >= 0.3 is 0 Å². The number of benzene rings is 2. The number of nitrogens with zero attached hydrogens (tertiary/aromatic N) is 2. The average molecular weight is 384 g/mol. The number of aryl methyl sites for hydroxylation is 1. The topological polar surface area (TPSA) is 34.5 Å². The molecule has 0 fully saturated rings. The molecule has 0 radical (unpaired) electrons. The highest BCUT2D eigenvalue weighted by Gasteiger charge is 2.10. The molecule has 0 aliphatic rings. The number of hydrogen-bond acceptors (Lipinski definition) is 3. The molecule has 0 saturated carbocycles. The maximum absolute atomic E-state index is 13.7. The number of pyridine rings is 1. The summed E-state index contributed by atoms with van der Waals surface area (Å²) in [6.45, 7) is 2.49. The Morgan fingerprint density at radius 2 is 1.82 bits per heavy atom. The highest BCUT2D eigenvalue weighted by Crippen LogP contribution is 2.18. The molecule has 1 aromatic heterocycles. The summed E-state index contributed by atoms with van der Waals surface area (Å²) in [5, 5.41) is 0. The molecule has 1 heterocycles. The van der Waals surface area contributed by atoms with Gasteiger partial charge in [0, 0.05) is 41.7 Å². The Balaban J connectivity index is 1.84. The molecule has 3 rings (SSSR count). The smallest absolute Gasteiger partial charge is 0.258 e. The van der Waals surface area contributed by atoms with Gasteiger partial charge in [-0.05, 0) is 50.8 Å². The SMILES string of the molecule is Cc1cc(OCc2ccc(F)cc2F)cc(=O)n1-c1cccc(CN(C)C)c1.